The molecular formula is C32H52BrNO4S. The first-order valence-corrected chi connectivity index (χ1v) is 16.0. The van der Waals surface area contributed by atoms with E-state index in [2.05, 4.69) is 17.0 Å². The normalized spacial score (nSPS) is 11.7. The summed E-state index contributed by atoms with van der Waals surface area (Å²) in [6, 6.07) is 7.60. The minimum atomic E-state index is -0.323. The van der Waals surface area contributed by atoms with Crippen LogP contribution in [0, 0.1) is 0 Å². The van der Waals surface area contributed by atoms with Crippen molar-refractivity contribution < 1.29 is 40.6 Å². The molecule has 0 aliphatic heterocycles. The number of carbonyl (C=O) groups is 1. The van der Waals surface area contributed by atoms with Gasteiger partial charge in [-0.2, -0.15) is 4.57 Å². The number of halogens is 1. The monoisotopic (exact) mass is 625 g/mol. The van der Waals surface area contributed by atoms with Crippen LogP contribution in [0.2, 0.25) is 0 Å². The van der Waals surface area contributed by atoms with Crippen LogP contribution in [0.25, 0.3) is 0 Å². The van der Waals surface area contributed by atoms with Crippen LogP contribution in [0.1, 0.15) is 120 Å². The molecule has 1 unspecified atom stereocenters. The second-order valence-corrected chi connectivity index (χ2v) is 11.0. The summed E-state index contributed by atoms with van der Waals surface area (Å²) in [7, 11) is 0. The maximum Gasteiger partial charge on any atom is 0.338 e. The van der Waals surface area contributed by atoms with Crippen LogP contribution in [-0.4, -0.2) is 38.5 Å². The molecule has 0 saturated heterocycles. The Morgan fingerprint density at radius 3 is 1.95 bits per heavy atom. The molecule has 0 radical (unpaired) electrons. The fourth-order valence-electron chi connectivity index (χ4n) is 4.55. The SMILES string of the molecule is CCCCCCCCCCCCCCCCOCC(COC(=O)c1ccc(C[n+]2ccsc2)cc1)OCC.[Br-]. The summed E-state index contributed by atoms with van der Waals surface area (Å²) < 4.78 is 19.2. The molecule has 0 aliphatic carbocycles. The third-order valence-corrected chi connectivity index (χ3v) is 7.50. The number of carbonyl (C=O) groups excluding carboxylic acids is 1. The molecule has 0 amide bonds. The summed E-state index contributed by atoms with van der Waals surface area (Å²) in [5, 5.41) is 2.05. The van der Waals surface area contributed by atoms with Crippen LogP contribution in [0.4, 0.5) is 0 Å². The molecule has 1 aromatic carbocycles. The average Bonchev–Trinajstić information content (AvgIpc) is 3.44. The van der Waals surface area contributed by atoms with Crippen LogP contribution < -0.4 is 21.5 Å². The van der Waals surface area contributed by atoms with Crippen LogP contribution in [-0.2, 0) is 20.8 Å². The zero-order valence-corrected chi connectivity index (χ0v) is 26.8. The molecule has 2 aromatic rings. The molecule has 2 rings (SSSR count). The lowest BCUT2D eigenvalue weighted by atomic mass is 10.0. The van der Waals surface area contributed by atoms with Crippen molar-refractivity contribution in [3.05, 3.63) is 52.5 Å². The first kappa shape index (κ1) is 35.7. The lowest BCUT2D eigenvalue weighted by molar-refractivity contribution is -0.683. The predicted molar refractivity (Wildman–Crippen MR) is 157 cm³/mol. The van der Waals surface area contributed by atoms with Crippen molar-refractivity contribution in [2.24, 2.45) is 0 Å². The first-order chi connectivity index (χ1) is 18.7. The summed E-state index contributed by atoms with van der Waals surface area (Å²) in [6.07, 6.45) is 20.7. The number of ether oxygens (including phenoxy) is 3. The van der Waals surface area contributed by atoms with E-state index in [0.717, 1.165) is 25.1 Å². The molecule has 1 heterocycles. The van der Waals surface area contributed by atoms with Crippen LogP contribution in [0.15, 0.2) is 41.4 Å². The third kappa shape index (κ3) is 17.9. The van der Waals surface area contributed by atoms with Crippen LogP contribution in [0.5, 0.6) is 0 Å². The second kappa shape index (κ2) is 24.5. The highest BCUT2D eigenvalue weighted by atomic mass is 79.9. The summed E-state index contributed by atoms with van der Waals surface area (Å²) in [4.78, 5) is 12.5. The van der Waals surface area contributed by atoms with Gasteiger partial charge in [-0.25, -0.2) is 4.79 Å². The molecule has 0 fully saturated rings. The number of thiazole rings is 1. The Balaban J connectivity index is 0.00000760. The van der Waals surface area contributed by atoms with Crippen molar-refractivity contribution in [1.29, 1.82) is 0 Å². The minimum Gasteiger partial charge on any atom is -1.00 e. The summed E-state index contributed by atoms with van der Waals surface area (Å²) in [5.74, 6) is -0.323. The van der Waals surface area contributed by atoms with Crippen molar-refractivity contribution in [3.8, 4) is 0 Å². The van der Waals surface area contributed by atoms with Crippen molar-refractivity contribution >= 4 is 17.3 Å². The second-order valence-electron chi connectivity index (χ2n) is 10.2. The van der Waals surface area contributed by atoms with Gasteiger partial charge >= 0.3 is 5.97 Å². The van der Waals surface area contributed by atoms with Gasteiger partial charge in [0.2, 0.25) is 5.51 Å². The Hall–Kier alpha value is -1.28. The van der Waals surface area contributed by atoms with E-state index >= 15 is 0 Å². The summed E-state index contributed by atoms with van der Waals surface area (Å²) in [6.45, 7) is 6.99. The average molecular weight is 627 g/mol. The van der Waals surface area contributed by atoms with Crippen molar-refractivity contribution in [2.75, 3.05) is 26.4 Å². The van der Waals surface area contributed by atoms with Gasteiger partial charge in [-0.1, -0.05) is 114 Å². The fraction of sp³-hybridized carbons (Fsp3) is 0.688. The van der Waals surface area contributed by atoms with Gasteiger partial charge in [0.15, 0.2) is 12.7 Å². The van der Waals surface area contributed by atoms with Gasteiger partial charge in [0.1, 0.15) is 12.7 Å². The molecule has 1 aromatic heterocycles. The maximum absolute atomic E-state index is 12.5. The third-order valence-electron chi connectivity index (χ3n) is 6.83. The van der Waals surface area contributed by atoms with E-state index < -0.39 is 0 Å². The highest BCUT2D eigenvalue weighted by Gasteiger charge is 2.14. The number of hydrogen-bond donors (Lipinski definition) is 0. The standard InChI is InChI=1S/C32H52NO4S.BrH/c1-3-5-6-7-8-9-10-11-12-13-14-15-16-17-23-35-26-31(36-4-2)27-37-32(34)30-20-18-29(19-21-30)25-33-22-24-38-28-33;/h18-22,24,28,31H,3-17,23,25-27H2,1-2H3;1H/q+1;/p-1. The number of unbranched alkanes of at least 4 members (excludes halogenated alkanes) is 13. The molecule has 0 bridgehead atoms. The lowest BCUT2D eigenvalue weighted by Crippen LogP contribution is -3.00. The molecule has 0 N–H and O–H groups in total. The maximum atomic E-state index is 12.5. The molecule has 0 saturated carbocycles. The van der Waals surface area contributed by atoms with Gasteiger partial charge in [-0.05, 0) is 25.5 Å². The van der Waals surface area contributed by atoms with Gasteiger partial charge < -0.3 is 31.2 Å². The van der Waals surface area contributed by atoms with Crippen molar-refractivity contribution in [1.82, 2.24) is 0 Å². The molecule has 0 aliphatic rings. The Labute approximate surface area is 252 Å². The van der Waals surface area contributed by atoms with Gasteiger partial charge in [0.05, 0.1) is 17.6 Å². The zero-order chi connectivity index (χ0) is 27.1. The largest absolute Gasteiger partial charge is 1.00 e. The van der Waals surface area contributed by atoms with Crippen LogP contribution >= 0.6 is 11.3 Å². The smallest absolute Gasteiger partial charge is 0.338 e. The van der Waals surface area contributed by atoms with E-state index in [1.165, 1.54) is 83.5 Å². The molecule has 39 heavy (non-hydrogen) atoms. The van der Waals surface area contributed by atoms with E-state index in [9.17, 15) is 4.79 Å². The molecule has 5 nitrogen and oxygen atoms in total. The number of benzene rings is 1. The molecule has 7 heteroatoms. The molecular weight excluding hydrogens is 574 g/mol. The van der Waals surface area contributed by atoms with Gasteiger partial charge in [-0.3, -0.25) is 0 Å². The summed E-state index contributed by atoms with van der Waals surface area (Å²) in [5.41, 5.74) is 3.77. The predicted octanol–water partition coefficient (Wildman–Crippen LogP) is 5.15. The lowest BCUT2D eigenvalue weighted by Gasteiger charge is -2.17. The Morgan fingerprint density at radius 2 is 1.41 bits per heavy atom. The van der Waals surface area contributed by atoms with Crippen molar-refractivity contribution in [2.45, 2.75) is 116 Å². The van der Waals surface area contributed by atoms with Gasteiger partial charge in [-0.15, -0.1) is 0 Å². The van der Waals surface area contributed by atoms with E-state index in [1.807, 2.05) is 42.8 Å². The van der Waals surface area contributed by atoms with E-state index in [4.69, 9.17) is 14.2 Å². The molecule has 1 atom stereocenters. The van der Waals surface area contributed by atoms with E-state index in [0.29, 0.717) is 18.8 Å². The zero-order valence-electron chi connectivity index (χ0n) is 24.4. The van der Waals surface area contributed by atoms with E-state index in [-0.39, 0.29) is 35.7 Å². The van der Waals surface area contributed by atoms with Crippen molar-refractivity contribution in [3.63, 3.8) is 0 Å². The highest BCUT2D eigenvalue weighted by molar-refractivity contribution is 7.07. The Kier molecular flexibility index (Phi) is 22.5. The highest BCUT2D eigenvalue weighted by Crippen LogP contribution is 2.13. The van der Waals surface area contributed by atoms with Gasteiger partial charge in [0, 0.05) is 18.8 Å². The number of nitrogens with zero attached hydrogens (tertiary/aromatic N) is 1. The number of esters is 1. The Bertz CT molecular complexity index is 816. The topological polar surface area (TPSA) is 48.6 Å². The Morgan fingerprint density at radius 1 is 0.821 bits per heavy atom. The quantitative estimate of drug-likeness (QED) is 0.0920. The number of aromatic nitrogens is 1. The molecule has 0 spiro atoms. The number of rotatable bonds is 24. The molecule has 222 valence electrons. The van der Waals surface area contributed by atoms with Crippen LogP contribution in [0.3, 0.4) is 0 Å². The summed E-state index contributed by atoms with van der Waals surface area (Å²) >= 11 is 1.66. The van der Waals surface area contributed by atoms with Gasteiger partial charge in [0.25, 0.3) is 0 Å². The minimum absolute atomic E-state index is 0. The first-order valence-electron chi connectivity index (χ1n) is 15.1. The number of hydrogen-bond acceptors (Lipinski definition) is 5. The van der Waals surface area contributed by atoms with E-state index in [1.54, 1.807) is 11.3 Å². The fourth-order valence-corrected chi connectivity index (χ4v) is 5.15.